The van der Waals surface area contributed by atoms with E-state index in [4.69, 9.17) is 17.3 Å². The summed E-state index contributed by atoms with van der Waals surface area (Å²) in [7, 11) is 0. The number of benzene rings is 2. The average molecular weight is 261 g/mol. The third kappa shape index (κ3) is 2.63. The van der Waals surface area contributed by atoms with Crippen molar-refractivity contribution < 1.29 is 4.79 Å². The summed E-state index contributed by atoms with van der Waals surface area (Å²) in [4.78, 5) is 12.0. The molecule has 0 spiro atoms. The number of hydrogen-bond donors (Lipinski definition) is 2. The number of nitrogens with two attached hydrogens (primary N) is 1. The minimum atomic E-state index is -0.224. The van der Waals surface area contributed by atoms with E-state index >= 15 is 0 Å². The van der Waals surface area contributed by atoms with Crippen LogP contribution in [-0.2, 0) is 0 Å². The second-order valence-corrected chi connectivity index (χ2v) is 4.43. The molecule has 2 aromatic carbocycles. The van der Waals surface area contributed by atoms with Gasteiger partial charge >= 0.3 is 0 Å². The highest BCUT2D eigenvalue weighted by atomic mass is 35.5. The van der Waals surface area contributed by atoms with Crippen LogP contribution in [0, 0.1) is 6.92 Å². The molecule has 0 aromatic heterocycles. The predicted molar refractivity (Wildman–Crippen MR) is 75.0 cm³/mol. The van der Waals surface area contributed by atoms with Crippen LogP contribution in [0.4, 0.5) is 11.4 Å². The minimum absolute atomic E-state index is 0.224. The van der Waals surface area contributed by atoms with E-state index in [0.29, 0.717) is 22.0 Å². The predicted octanol–water partition coefficient (Wildman–Crippen LogP) is 3.48. The first-order chi connectivity index (χ1) is 8.58. The third-order valence-corrected chi connectivity index (χ3v) is 2.92. The van der Waals surface area contributed by atoms with Crippen molar-refractivity contribution in [3.63, 3.8) is 0 Å². The maximum absolute atomic E-state index is 12.0. The molecule has 2 aromatic rings. The fourth-order valence-electron chi connectivity index (χ4n) is 1.61. The summed E-state index contributed by atoms with van der Waals surface area (Å²) < 4.78 is 0. The van der Waals surface area contributed by atoms with Crippen molar-refractivity contribution in [2.45, 2.75) is 6.92 Å². The number of carbonyl (C=O) groups is 1. The summed E-state index contributed by atoms with van der Waals surface area (Å²) in [6, 6.07) is 12.3. The van der Waals surface area contributed by atoms with Crippen LogP contribution in [0.15, 0.2) is 42.5 Å². The summed E-state index contributed by atoms with van der Waals surface area (Å²) in [5.74, 6) is -0.224. The van der Waals surface area contributed by atoms with Crippen molar-refractivity contribution in [1.82, 2.24) is 0 Å². The summed E-state index contributed by atoms with van der Waals surface area (Å²) in [5.41, 5.74) is 8.43. The van der Waals surface area contributed by atoms with Gasteiger partial charge < -0.3 is 11.1 Å². The molecule has 0 aliphatic heterocycles. The van der Waals surface area contributed by atoms with Gasteiger partial charge in [-0.2, -0.15) is 0 Å². The molecule has 1 amide bonds. The first-order valence-electron chi connectivity index (χ1n) is 5.50. The lowest BCUT2D eigenvalue weighted by molar-refractivity contribution is 0.102. The van der Waals surface area contributed by atoms with E-state index in [1.807, 2.05) is 19.1 Å². The van der Waals surface area contributed by atoms with E-state index in [1.165, 1.54) is 0 Å². The Balaban J connectivity index is 2.22. The zero-order valence-corrected chi connectivity index (χ0v) is 10.7. The molecule has 2 rings (SSSR count). The Morgan fingerprint density at radius 3 is 2.50 bits per heavy atom. The molecule has 0 aliphatic carbocycles. The molecule has 3 N–H and O–H groups in total. The highest BCUT2D eigenvalue weighted by molar-refractivity contribution is 6.30. The van der Waals surface area contributed by atoms with Crippen LogP contribution in [0.25, 0.3) is 0 Å². The van der Waals surface area contributed by atoms with Crippen LogP contribution in [0.1, 0.15) is 15.9 Å². The molecule has 0 fully saturated rings. The number of halogens is 1. The first kappa shape index (κ1) is 12.5. The molecule has 0 saturated carbocycles. The van der Waals surface area contributed by atoms with Gasteiger partial charge in [0.15, 0.2) is 0 Å². The number of nitrogens with one attached hydrogen (secondary N) is 1. The van der Waals surface area contributed by atoms with E-state index in [1.54, 1.807) is 30.3 Å². The summed E-state index contributed by atoms with van der Waals surface area (Å²) in [5, 5.41) is 3.40. The monoisotopic (exact) mass is 260 g/mol. The second-order valence-electron chi connectivity index (χ2n) is 4.00. The Hall–Kier alpha value is -2.00. The SMILES string of the molecule is Cc1cccc(C(=O)Nc2ccc(Cl)cc2)c1N. The van der Waals surface area contributed by atoms with Gasteiger partial charge in [-0.15, -0.1) is 0 Å². The van der Waals surface area contributed by atoms with Crippen molar-refractivity contribution >= 4 is 28.9 Å². The molecular formula is C14H13ClN2O. The number of carbonyl (C=O) groups excluding carboxylic acids is 1. The molecular weight excluding hydrogens is 248 g/mol. The van der Waals surface area contributed by atoms with E-state index in [2.05, 4.69) is 5.32 Å². The zero-order chi connectivity index (χ0) is 13.1. The zero-order valence-electron chi connectivity index (χ0n) is 9.91. The number of para-hydroxylation sites is 1. The van der Waals surface area contributed by atoms with Crippen molar-refractivity contribution in [3.05, 3.63) is 58.6 Å². The van der Waals surface area contributed by atoms with Gasteiger partial charge in [-0.3, -0.25) is 4.79 Å². The van der Waals surface area contributed by atoms with Crippen LogP contribution < -0.4 is 11.1 Å². The van der Waals surface area contributed by atoms with Crippen molar-refractivity contribution in [1.29, 1.82) is 0 Å². The quantitative estimate of drug-likeness (QED) is 0.812. The highest BCUT2D eigenvalue weighted by Gasteiger charge is 2.10. The molecule has 0 radical (unpaired) electrons. The van der Waals surface area contributed by atoms with Crippen LogP contribution in [0.2, 0.25) is 5.02 Å². The first-order valence-corrected chi connectivity index (χ1v) is 5.88. The summed E-state index contributed by atoms with van der Waals surface area (Å²) in [6.45, 7) is 1.87. The lowest BCUT2D eigenvalue weighted by Gasteiger charge is -2.09. The van der Waals surface area contributed by atoms with Crippen molar-refractivity contribution in [3.8, 4) is 0 Å². The number of nitrogen functional groups attached to an aromatic ring is 1. The van der Waals surface area contributed by atoms with E-state index in [0.717, 1.165) is 5.56 Å². The molecule has 3 nitrogen and oxygen atoms in total. The minimum Gasteiger partial charge on any atom is -0.398 e. The summed E-state index contributed by atoms with van der Waals surface area (Å²) in [6.07, 6.45) is 0. The lowest BCUT2D eigenvalue weighted by Crippen LogP contribution is -2.14. The fraction of sp³-hybridized carbons (Fsp3) is 0.0714. The van der Waals surface area contributed by atoms with Crippen LogP contribution in [0.3, 0.4) is 0 Å². The largest absolute Gasteiger partial charge is 0.398 e. The lowest BCUT2D eigenvalue weighted by atomic mass is 10.1. The Morgan fingerprint density at radius 2 is 1.83 bits per heavy atom. The summed E-state index contributed by atoms with van der Waals surface area (Å²) >= 11 is 5.78. The Kier molecular flexibility index (Phi) is 3.53. The maximum atomic E-state index is 12.0. The Bertz CT molecular complexity index is 579. The van der Waals surface area contributed by atoms with Gasteiger partial charge in [0.1, 0.15) is 0 Å². The van der Waals surface area contributed by atoms with E-state index in [9.17, 15) is 4.79 Å². The number of aryl methyl sites for hydroxylation is 1. The normalized spacial score (nSPS) is 10.1. The smallest absolute Gasteiger partial charge is 0.257 e. The molecule has 0 saturated heterocycles. The average Bonchev–Trinajstić information content (AvgIpc) is 2.35. The number of amides is 1. The van der Waals surface area contributed by atoms with E-state index < -0.39 is 0 Å². The third-order valence-electron chi connectivity index (χ3n) is 2.67. The molecule has 4 heteroatoms. The van der Waals surface area contributed by atoms with Gasteiger partial charge in [0, 0.05) is 16.4 Å². The van der Waals surface area contributed by atoms with E-state index in [-0.39, 0.29) is 5.91 Å². The molecule has 0 unspecified atom stereocenters. The molecule has 92 valence electrons. The van der Waals surface area contributed by atoms with Crippen molar-refractivity contribution in [2.24, 2.45) is 0 Å². The Labute approximate surface area is 111 Å². The van der Waals surface area contributed by atoms with Crippen molar-refractivity contribution in [2.75, 3.05) is 11.1 Å². The number of rotatable bonds is 2. The van der Waals surface area contributed by atoms with Gasteiger partial charge in [-0.25, -0.2) is 0 Å². The number of anilines is 2. The Morgan fingerprint density at radius 1 is 1.17 bits per heavy atom. The van der Waals surface area contributed by atoms with Gasteiger partial charge in [-0.1, -0.05) is 23.7 Å². The van der Waals surface area contributed by atoms with Crippen LogP contribution in [0.5, 0.6) is 0 Å². The molecule has 0 atom stereocenters. The molecule has 18 heavy (non-hydrogen) atoms. The topological polar surface area (TPSA) is 55.1 Å². The molecule has 0 heterocycles. The fourth-order valence-corrected chi connectivity index (χ4v) is 1.74. The highest BCUT2D eigenvalue weighted by Crippen LogP contribution is 2.19. The van der Waals surface area contributed by atoms with Crippen LogP contribution in [-0.4, -0.2) is 5.91 Å². The number of hydrogen-bond acceptors (Lipinski definition) is 2. The van der Waals surface area contributed by atoms with Gasteiger partial charge in [0.2, 0.25) is 0 Å². The van der Waals surface area contributed by atoms with Gasteiger partial charge in [0.25, 0.3) is 5.91 Å². The second kappa shape index (κ2) is 5.10. The standard InChI is InChI=1S/C14H13ClN2O/c1-9-3-2-4-12(13(9)16)14(18)17-11-7-5-10(15)6-8-11/h2-8H,16H2,1H3,(H,17,18). The van der Waals surface area contributed by atoms with Crippen LogP contribution >= 0.6 is 11.6 Å². The molecule has 0 aliphatic rings. The van der Waals surface area contributed by atoms with Gasteiger partial charge in [-0.05, 0) is 42.8 Å². The maximum Gasteiger partial charge on any atom is 0.257 e. The molecule has 0 bridgehead atoms. The van der Waals surface area contributed by atoms with Gasteiger partial charge in [0.05, 0.1) is 5.56 Å².